The van der Waals surface area contributed by atoms with Crippen LogP contribution in [0.5, 0.6) is 0 Å². The van der Waals surface area contributed by atoms with Gasteiger partial charge in [0.15, 0.2) is 11.6 Å². The zero-order chi connectivity index (χ0) is 18.9. The number of hydrogen-bond acceptors (Lipinski definition) is 5. The number of rotatable bonds is 2. The average Bonchev–Trinajstić information content (AvgIpc) is 2.86. The van der Waals surface area contributed by atoms with Gasteiger partial charge in [0, 0.05) is 11.8 Å². The van der Waals surface area contributed by atoms with Crippen molar-refractivity contribution < 1.29 is 24.9 Å². The first-order valence-corrected chi connectivity index (χ1v) is 9.96. The van der Waals surface area contributed by atoms with E-state index in [2.05, 4.69) is 6.92 Å². The first-order chi connectivity index (χ1) is 12.2. The molecule has 0 aromatic carbocycles. The van der Waals surface area contributed by atoms with Crippen molar-refractivity contribution in [1.29, 1.82) is 0 Å². The second kappa shape index (κ2) is 5.73. The third kappa shape index (κ3) is 2.14. The fraction of sp³-hybridized carbons (Fsp3) is 0.810. The SMILES string of the molecule is C[C@@]12CCC(=O)C=C1CC[C@H]1C2[C@@H](O)C[C@]2(C)[C@@H]1CC[C@@]2(O)C(=O)CO. The monoisotopic (exact) mass is 362 g/mol. The standard InChI is InChI=1S/C21H30O5/c1-19-7-5-13(23)9-12(19)3-4-14-15-6-8-21(26,17(25)11-22)20(15,2)10-16(24)18(14)19/h9,14-16,18,22,24,26H,3-8,10-11H2,1-2H3/t14-,15-,16+,18?,19-,20-,21-/m1/s1. The molecule has 0 spiro atoms. The molecule has 26 heavy (non-hydrogen) atoms. The predicted octanol–water partition coefficient (Wildman–Crippen LogP) is 1.78. The number of fused-ring (bicyclic) bond motifs is 5. The van der Waals surface area contributed by atoms with E-state index < -0.39 is 29.5 Å². The van der Waals surface area contributed by atoms with Gasteiger partial charge in [-0.1, -0.05) is 19.4 Å². The Balaban J connectivity index is 1.74. The molecule has 4 rings (SSSR count). The van der Waals surface area contributed by atoms with Crippen LogP contribution in [0.1, 0.15) is 58.8 Å². The Morgan fingerprint density at radius 2 is 1.96 bits per heavy atom. The van der Waals surface area contributed by atoms with Crippen LogP contribution in [0.3, 0.4) is 0 Å². The number of Topliss-reactive ketones (excluding diaryl/α,β-unsaturated/α-hetero) is 1. The highest BCUT2D eigenvalue weighted by molar-refractivity contribution is 5.91. The fourth-order valence-corrected chi connectivity index (χ4v) is 7.28. The maximum atomic E-state index is 12.4. The number of allylic oxidation sites excluding steroid dienone is 1. The van der Waals surface area contributed by atoms with Crippen molar-refractivity contribution in [3.8, 4) is 0 Å². The highest BCUT2D eigenvalue weighted by Gasteiger charge is 2.68. The van der Waals surface area contributed by atoms with Crippen molar-refractivity contribution in [3.63, 3.8) is 0 Å². The normalized spacial score (nSPS) is 50.5. The number of aliphatic hydroxyl groups excluding tert-OH is 2. The molecule has 3 fully saturated rings. The van der Waals surface area contributed by atoms with E-state index in [9.17, 15) is 24.9 Å². The Bertz CT molecular complexity index is 684. The summed E-state index contributed by atoms with van der Waals surface area (Å²) in [7, 11) is 0. The van der Waals surface area contributed by atoms with Gasteiger partial charge >= 0.3 is 0 Å². The minimum absolute atomic E-state index is 0.0697. The van der Waals surface area contributed by atoms with Crippen molar-refractivity contribution in [1.82, 2.24) is 0 Å². The summed E-state index contributed by atoms with van der Waals surface area (Å²) in [5, 5.41) is 31.7. The molecular weight excluding hydrogens is 332 g/mol. The molecule has 0 aliphatic heterocycles. The molecule has 4 aliphatic carbocycles. The summed E-state index contributed by atoms with van der Waals surface area (Å²) in [4.78, 5) is 24.3. The second-order valence-corrected chi connectivity index (χ2v) is 9.56. The van der Waals surface area contributed by atoms with Gasteiger partial charge in [-0.15, -0.1) is 0 Å². The molecule has 0 aromatic rings. The summed E-state index contributed by atoms with van der Waals surface area (Å²) in [5.74, 6) is 0.140. The van der Waals surface area contributed by atoms with Gasteiger partial charge in [-0.25, -0.2) is 0 Å². The maximum Gasteiger partial charge on any atom is 0.190 e. The molecule has 0 bridgehead atoms. The first-order valence-electron chi connectivity index (χ1n) is 9.96. The summed E-state index contributed by atoms with van der Waals surface area (Å²) in [5.41, 5.74) is -1.23. The van der Waals surface area contributed by atoms with Gasteiger partial charge in [0.25, 0.3) is 0 Å². The molecule has 1 unspecified atom stereocenters. The summed E-state index contributed by atoms with van der Waals surface area (Å²) in [6.45, 7) is 3.46. The molecule has 0 amide bonds. The van der Waals surface area contributed by atoms with Crippen LogP contribution >= 0.6 is 0 Å². The van der Waals surface area contributed by atoms with Crippen LogP contribution in [-0.4, -0.2) is 45.2 Å². The Hall–Kier alpha value is -1.04. The van der Waals surface area contributed by atoms with Crippen molar-refractivity contribution in [2.75, 3.05) is 6.61 Å². The topological polar surface area (TPSA) is 94.8 Å². The van der Waals surface area contributed by atoms with Gasteiger partial charge in [-0.3, -0.25) is 9.59 Å². The van der Waals surface area contributed by atoms with E-state index in [-0.39, 0.29) is 29.0 Å². The van der Waals surface area contributed by atoms with E-state index in [0.717, 1.165) is 25.7 Å². The minimum Gasteiger partial charge on any atom is -0.393 e. The summed E-state index contributed by atoms with van der Waals surface area (Å²) >= 11 is 0. The summed E-state index contributed by atoms with van der Waals surface area (Å²) < 4.78 is 0. The third-order valence-corrected chi connectivity index (χ3v) is 8.65. The van der Waals surface area contributed by atoms with Crippen LogP contribution < -0.4 is 0 Å². The van der Waals surface area contributed by atoms with Crippen LogP contribution in [0.15, 0.2) is 11.6 Å². The Morgan fingerprint density at radius 1 is 1.23 bits per heavy atom. The molecule has 3 saturated carbocycles. The number of hydrogen-bond donors (Lipinski definition) is 3. The Labute approximate surface area is 154 Å². The number of aliphatic hydroxyl groups is 3. The number of carbonyl (C=O) groups is 2. The molecule has 0 aromatic heterocycles. The Morgan fingerprint density at radius 3 is 2.65 bits per heavy atom. The molecule has 0 saturated heterocycles. The zero-order valence-electron chi connectivity index (χ0n) is 15.7. The van der Waals surface area contributed by atoms with Gasteiger partial charge in [0.2, 0.25) is 0 Å². The van der Waals surface area contributed by atoms with Crippen molar-refractivity contribution in [2.24, 2.45) is 28.6 Å². The Kier molecular flexibility index (Phi) is 4.04. The van der Waals surface area contributed by atoms with Gasteiger partial charge in [-0.2, -0.15) is 0 Å². The summed E-state index contributed by atoms with van der Waals surface area (Å²) in [6.07, 6.45) is 5.74. The van der Waals surface area contributed by atoms with E-state index in [0.29, 0.717) is 19.3 Å². The van der Waals surface area contributed by atoms with E-state index in [1.165, 1.54) is 5.57 Å². The highest BCUT2D eigenvalue weighted by Crippen LogP contribution is 2.67. The fourth-order valence-electron chi connectivity index (χ4n) is 7.28. The zero-order valence-corrected chi connectivity index (χ0v) is 15.7. The second-order valence-electron chi connectivity index (χ2n) is 9.56. The average molecular weight is 362 g/mol. The van der Waals surface area contributed by atoms with Crippen molar-refractivity contribution in [3.05, 3.63) is 11.6 Å². The highest BCUT2D eigenvalue weighted by atomic mass is 16.3. The molecule has 0 heterocycles. The van der Waals surface area contributed by atoms with Crippen LogP contribution in [0.4, 0.5) is 0 Å². The molecule has 3 N–H and O–H groups in total. The maximum absolute atomic E-state index is 12.4. The molecule has 144 valence electrons. The van der Waals surface area contributed by atoms with E-state index in [1.54, 1.807) is 6.08 Å². The van der Waals surface area contributed by atoms with Crippen LogP contribution in [0, 0.1) is 28.6 Å². The van der Waals surface area contributed by atoms with Gasteiger partial charge in [-0.05, 0) is 67.8 Å². The van der Waals surface area contributed by atoms with E-state index >= 15 is 0 Å². The lowest BCUT2D eigenvalue weighted by molar-refractivity contribution is -0.182. The minimum atomic E-state index is -1.54. The van der Waals surface area contributed by atoms with Crippen LogP contribution in [0.2, 0.25) is 0 Å². The molecule has 7 atom stereocenters. The molecule has 0 radical (unpaired) electrons. The lowest BCUT2D eigenvalue weighted by Gasteiger charge is -2.60. The molecule has 4 aliphatic rings. The predicted molar refractivity (Wildman–Crippen MR) is 95.1 cm³/mol. The van der Waals surface area contributed by atoms with Crippen molar-refractivity contribution >= 4 is 11.6 Å². The van der Waals surface area contributed by atoms with E-state index in [1.807, 2.05) is 6.92 Å². The number of carbonyl (C=O) groups excluding carboxylic acids is 2. The number of ketones is 2. The quantitative estimate of drug-likeness (QED) is 0.696. The smallest absolute Gasteiger partial charge is 0.190 e. The molecule has 5 heteroatoms. The van der Waals surface area contributed by atoms with Crippen molar-refractivity contribution in [2.45, 2.75) is 70.5 Å². The van der Waals surface area contributed by atoms with Crippen LogP contribution in [-0.2, 0) is 9.59 Å². The van der Waals surface area contributed by atoms with E-state index in [4.69, 9.17) is 0 Å². The van der Waals surface area contributed by atoms with Gasteiger partial charge in [0.1, 0.15) is 12.2 Å². The first kappa shape index (κ1) is 18.3. The third-order valence-electron chi connectivity index (χ3n) is 8.65. The molecular formula is C21H30O5. The summed E-state index contributed by atoms with van der Waals surface area (Å²) in [6, 6.07) is 0. The molecule has 5 nitrogen and oxygen atoms in total. The van der Waals surface area contributed by atoms with Crippen LogP contribution in [0.25, 0.3) is 0 Å². The largest absolute Gasteiger partial charge is 0.393 e. The van der Waals surface area contributed by atoms with Gasteiger partial charge < -0.3 is 15.3 Å². The lowest BCUT2D eigenvalue weighted by Crippen LogP contribution is -2.62. The van der Waals surface area contributed by atoms with Gasteiger partial charge in [0.05, 0.1) is 6.10 Å². The lowest BCUT2D eigenvalue weighted by atomic mass is 9.45.